The predicted octanol–water partition coefficient (Wildman–Crippen LogP) is 1.60. The number of aliphatic hydroxyl groups is 1. The third-order valence-electron chi connectivity index (χ3n) is 1.99. The Labute approximate surface area is 102 Å². The predicted molar refractivity (Wildman–Crippen MR) is 63.2 cm³/mol. The van der Waals surface area contributed by atoms with Gasteiger partial charge in [-0.1, -0.05) is 20.4 Å². The van der Waals surface area contributed by atoms with E-state index in [0.717, 1.165) is 6.08 Å². The molecule has 1 N–H and O–H groups in total. The smallest absolute Gasteiger partial charge is 0.332 e. The first kappa shape index (κ1) is 16.1. The molecule has 0 aromatic rings. The van der Waals surface area contributed by atoms with Gasteiger partial charge in [-0.3, -0.25) is 0 Å². The summed E-state index contributed by atoms with van der Waals surface area (Å²) in [5, 5.41) is 8.63. The van der Waals surface area contributed by atoms with Crippen LogP contribution in [0.5, 0.6) is 0 Å². The Bertz CT molecular complexity index is 217. The molecule has 0 heterocycles. The van der Waals surface area contributed by atoms with Crippen molar-refractivity contribution in [3.8, 4) is 0 Å². The van der Waals surface area contributed by atoms with Crippen molar-refractivity contribution in [2.24, 2.45) is 0 Å². The minimum Gasteiger partial charge on any atom is -0.433 e. The van der Waals surface area contributed by atoms with Crippen molar-refractivity contribution in [1.29, 1.82) is 0 Å². The van der Waals surface area contributed by atoms with Crippen LogP contribution in [0.3, 0.4) is 0 Å². The third kappa shape index (κ3) is 7.90. The van der Waals surface area contributed by atoms with E-state index in [1.165, 1.54) is 0 Å². The number of ether oxygens (including phenoxy) is 3. The molecule has 0 radical (unpaired) electrons. The van der Waals surface area contributed by atoms with Crippen LogP contribution in [0.2, 0.25) is 0 Å². The Morgan fingerprint density at radius 3 is 2.47 bits per heavy atom. The monoisotopic (exact) mass is 246 g/mol. The maximum Gasteiger partial charge on any atom is 0.332 e. The second kappa shape index (κ2) is 10.3. The van der Waals surface area contributed by atoms with Crippen molar-refractivity contribution < 1.29 is 24.1 Å². The van der Waals surface area contributed by atoms with Gasteiger partial charge in [-0.15, -0.1) is 0 Å². The van der Waals surface area contributed by atoms with E-state index in [4.69, 9.17) is 19.3 Å². The Hall–Kier alpha value is -0.910. The topological polar surface area (TPSA) is 65.0 Å². The molecule has 0 amide bonds. The maximum atomic E-state index is 11.0. The quantitative estimate of drug-likeness (QED) is 0.274. The Morgan fingerprint density at radius 2 is 2.00 bits per heavy atom. The molecular weight excluding hydrogens is 224 g/mol. The zero-order valence-corrected chi connectivity index (χ0v) is 10.6. The molecule has 0 bridgehead atoms. The summed E-state index contributed by atoms with van der Waals surface area (Å²) in [7, 11) is 0. The molecule has 0 rings (SSSR count). The lowest BCUT2D eigenvalue weighted by atomic mass is 10.4. The molecule has 100 valence electrons. The van der Waals surface area contributed by atoms with Gasteiger partial charge in [0.25, 0.3) is 0 Å². The lowest BCUT2D eigenvalue weighted by Crippen LogP contribution is -2.28. The normalized spacial score (nSPS) is 14.1. The van der Waals surface area contributed by atoms with Crippen LogP contribution < -0.4 is 0 Å². The highest BCUT2D eigenvalue weighted by atomic mass is 16.8. The molecule has 0 aromatic heterocycles. The van der Waals surface area contributed by atoms with Crippen LogP contribution >= 0.6 is 0 Å². The van der Waals surface area contributed by atoms with Gasteiger partial charge in [0.05, 0.1) is 6.61 Å². The first-order valence-electron chi connectivity index (χ1n) is 5.88. The average molecular weight is 246 g/mol. The molecule has 0 fully saturated rings. The van der Waals surface area contributed by atoms with Crippen molar-refractivity contribution in [3.63, 3.8) is 0 Å². The molecule has 0 spiro atoms. The molecule has 0 saturated heterocycles. The lowest BCUT2D eigenvalue weighted by Gasteiger charge is -2.22. The summed E-state index contributed by atoms with van der Waals surface area (Å²) in [6.45, 7) is 7.58. The largest absolute Gasteiger partial charge is 0.433 e. The number of carbonyl (C=O) groups excluding carboxylic acids is 1. The highest BCUT2D eigenvalue weighted by Crippen LogP contribution is 2.09. The van der Waals surface area contributed by atoms with Crippen LogP contribution in [-0.4, -0.2) is 36.9 Å². The van der Waals surface area contributed by atoms with Gasteiger partial charge in [0.1, 0.15) is 0 Å². The average Bonchev–Trinajstić information content (AvgIpc) is 2.36. The molecule has 17 heavy (non-hydrogen) atoms. The van der Waals surface area contributed by atoms with Gasteiger partial charge in [-0.2, -0.15) is 0 Å². The Morgan fingerprint density at radius 1 is 1.35 bits per heavy atom. The summed E-state index contributed by atoms with van der Waals surface area (Å²) in [5.41, 5.74) is 0. The molecule has 5 nitrogen and oxygen atoms in total. The number of hydrogen-bond acceptors (Lipinski definition) is 5. The van der Waals surface area contributed by atoms with Gasteiger partial charge in [-0.05, 0) is 12.8 Å². The fraction of sp³-hybridized carbons (Fsp3) is 0.750. The lowest BCUT2D eigenvalue weighted by molar-refractivity contribution is -0.240. The zero-order valence-electron chi connectivity index (χ0n) is 10.6. The second-order valence-electron chi connectivity index (χ2n) is 3.40. The second-order valence-corrected chi connectivity index (χ2v) is 3.40. The zero-order chi connectivity index (χ0) is 13.1. The van der Waals surface area contributed by atoms with Crippen molar-refractivity contribution in [3.05, 3.63) is 12.7 Å². The summed E-state index contributed by atoms with van der Waals surface area (Å²) in [4.78, 5) is 11.0. The SMILES string of the molecule is C=CC(=O)OC(CC)OC(CC)OCCCO. The van der Waals surface area contributed by atoms with E-state index in [0.29, 0.717) is 25.9 Å². The molecule has 2 atom stereocenters. The summed E-state index contributed by atoms with van der Waals surface area (Å²) >= 11 is 0. The summed E-state index contributed by atoms with van der Waals surface area (Å²) in [6.07, 6.45) is 1.79. The van der Waals surface area contributed by atoms with Crippen LogP contribution in [0.4, 0.5) is 0 Å². The number of esters is 1. The molecule has 2 unspecified atom stereocenters. The fourth-order valence-electron chi connectivity index (χ4n) is 1.09. The van der Waals surface area contributed by atoms with Crippen LogP contribution in [-0.2, 0) is 19.0 Å². The minimum atomic E-state index is -0.625. The van der Waals surface area contributed by atoms with Crippen molar-refractivity contribution >= 4 is 5.97 Å². The molecule has 0 saturated carbocycles. The van der Waals surface area contributed by atoms with Crippen LogP contribution in [0, 0.1) is 0 Å². The van der Waals surface area contributed by atoms with Gasteiger partial charge in [0.15, 0.2) is 6.29 Å². The molecule has 0 aromatic carbocycles. The van der Waals surface area contributed by atoms with E-state index in [1.807, 2.05) is 13.8 Å². The van der Waals surface area contributed by atoms with Crippen molar-refractivity contribution in [2.45, 2.75) is 45.7 Å². The minimum absolute atomic E-state index is 0.0824. The van der Waals surface area contributed by atoms with E-state index >= 15 is 0 Å². The number of carbonyl (C=O) groups is 1. The first-order chi connectivity index (χ1) is 8.17. The standard InChI is InChI=1S/C12H22O5/c1-4-10(14)16-12(6-3)17-11(5-2)15-9-7-8-13/h4,11-13H,1,5-9H2,2-3H3. The van der Waals surface area contributed by atoms with Gasteiger partial charge in [0.2, 0.25) is 6.29 Å². The van der Waals surface area contributed by atoms with Gasteiger partial charge >= 0.3 is 5.97 Å². The van der Waals surface area contributed by atoms with Gasteiger partial charge < -0.3 is 19.3 Å². The highest BCUT2D eigenvalue weighted by Gasteiger charge is 2.16. The Kier molecular flexibility index (Phi) is 9.71. The molecule has 0 aliphatic rings. The molecule has 0 aliphatic carbocycles. The van der Waals surface area contributed by atoms with Crippen LogP contribution in [0.15, 0.2) is 12.7 Å². The maximum absolute atomic E-state index is 11.0. The number of hydrogen-bond donors (Lipinski definition) is 1. The van der Waals surface area contributed by atoms with E-state index in [9.17, 15) is 4.79 Å². The van der Waals surface area contributed by atoms with Crippen LogP contribution in [0.1, 0.15) is 33.1 Å². The van der Waals surface area contributed by atoms with Crippen molar-refractivity contribution in [1.82, 2.24) is 0 Å². The number of rotatable bonds is 10. The van der Waals surface area contributed by atoms with Crippen molar-refractivity contribution in [2.75, 3.05) is 13.2 Å². The first-order valence-corrected chi connectivity index (χ1v) is 5.88. The van der Waals surface area contributed by atoms with Gasteiger partial charge in [0, 0.05) is 19.1 Å². The summed E-state index contributed by atoms with van der Waals surface area (Å²) in [5.74, 6) is -0.512. The Balaban J connectivity index is 4.02. The molecular formula is C12H22O5. The highest BCUT2D eigenvalue weighted by molar-refractivity contribution is 5.81. The van der Waals surface area contributed by atoms with Crippen LogP contribution in [0.25, 0.3) is 0 Å². The van der Waals surface area contributed by atoms with E-state index in [-0.39, 0.29) is 6.61 Å². The van der Waals surface area contributed by atoms with Gasteiger partial charge in [-0.25, -0.2) is 4.79 Å². The number of aliphatic hydroxyl groups excluding tert-OH is 1. The van der Waals surface area contributed by atoms with E-state index < -0.39 is 18.5 Å². The summed E-state index contributed by atoms with van der Waals surface area (Å²) in [6, 6.07) is 0. The molecule has 5 heteroatoms. The van der Waals surface area contributed by atoms with E-state index in [2.05, 4.69) is 6.58 Å². The molecule has 0 aliphatic heterocycles. The summed E-state index contributed by atoms with van der Waals surface area (Å²) < 4.78 is 15.8. The third-order valence-corrected chi connectivity index (χ3v) is 1.99. The van der Waals surface area contributed by atoms with E-state index in [1.54, 1.807) is 0 Å². The fourth-order valence-corrected chi connectivity index (χ4v) is 1.09.